The van der Waals surface area contributed by atoms with E-state index in [0.29, 0.717) is 11.9 Å². The Kier molecular flexibility index (Phi) is 4.13. The molecule has 0 bridgehead atoms. The van der Waals surface area contributed by atoms with Crippen LogP contribution in [0.2, 0.25) is 0 Å². The quantitative estimate of drug-likeness (QED) is 0.901. The van der Waals surface area contributed by atoms with Crippen molar-refractivity contribution in [1.82, 2.24) is 20.4 Å². The van der Waals surface area contributed by atoms with Gasteiger partial charge < -0.3 is 9.84 Å². The Hall–Kier alpha value is -0.940. The Labute approximate surface area is 114 Å². The van der Waals surface area contributed by atoms with Gasteiger partial charge in [-0.3, -0.25) is 4.90 Å². The third kappa shape index (κ3) is 3.34. The lowest BCUT2D eigenvalue weighted by atomic mass is 9.83. The second-order valence-corrected chi connectivity index (χ2v) is 5.92. The summed E-state index contributed by atoms with van der Waals surface area (Å²) in [5.41, 5.74) is 0. The maximum Gasteiger partial charge on any atom is 0.223 e. The highest BCUT2D eigenvalue weighted by Gasteiger charge is 2.28. The largest absolute Gasteiger partial charge is 0.340 e. The number of piperazine rings is 1. The van der Waals surface area contributed by atoms with Gasteiger partial charge in [0.2, 0.25) is 5.89 Å². The zero-order valence-corrected chi connectivity index (χ0v) is 11.8. The molecule has 1 aliphatic heterocycles. The van der Waals surface area contributed by atoms with Gasteiger partial charge >= 0.3 is 0 Å². The fraction of sp³-hybridized carbons (Fsp3) is 0.857. The van der Waals surface area contributed by atoms with E-state index >= 15 is 0 Å². The number of hydrogen-bond acceptors (Lipinski definition) is 5. The number of hydrogen-bond donors (Lipinski definition) is 1. The van der Waals surface area contributed by atoms with Crippen LogP contribution >= 0.6 is 0 Å². The molecule has 1 aliphatic carbocycles. The minimum atomic E-state index is 0.655. The van der Waals surface area contributed by atoms with Crippen LogP contribution in [0.3, 0.4) is 0 Å². The van der Waals surface area contributed by atoms with E-state index in [0.717, 1.165) is 37.9 Å². The van der Waals surface area contributed by atoms with Crippen molar-refractivity contribution < 1.29 is 4.52 Å². The molecule has 5 heteroatoms. The highest BCUT2D eigenvalue weighted by molar-refractivity contribution is 4.89. The monoisotopic (exact) mass is 264 g/mol. The van der Waals surface area contributed by atoms with Crippen molar-refractivity contribution in [2.75, 3.05) is 19.6 Å². The van der Waals surface area contributed by atoms with Crippen LogP contribution < -0.4 is 5.32 Å². The number of nitrogens with one attached hydrogen (secondary N) is 1. The predicted molar refractivity (Wildman–Crippen MR) is 72.7 cm³/mol. The summed E-state index contributed by atoms with van der Waals surface area (Å²) in [5, 5.41) is 7.70. The van der Waals surface area contributed by atoms with Gasteiger partial charge in [-0.1, -0.05) is 24.4 Å². The van der Waals surface area contributed by atoms with Gasteiger partial charge in [0.05, 0.1) is 6.54 Å². The molecule has 1 saturated carbocycles. The predicted octanol–water partition coefficient (Wildman–Crippen LogP) is 1.73. The molecular weight excluding hydrogens is 240 g/mol. The first-order valence-electron chi connectivity index (χ1n) is 7.56. The van der Waals surface area contributed by atoms with E-state index in [9.17, 15) is 0 Å². The van der Waals surface area contributed by atoms with E-state index in [-0.39, 0.29) is 0 Å². The Morgan fingerprint density at radius 2 is 2.16 bits per heavy atom. The molecule has 0 aromatic carbocycles. The maximum absolute atomic E-state index is 5.05. The normalized spacial score (nSPS) is 26.7. The minimum absolute atomic E-state index is 0.655. The van der Waals surface area contributed by atoms with Crippen LogP contribution in [-0.2, 0) is 6.54 Å². The Morgan fingerprint density at radius 1 is 1.32 bits per heavy atom. The molecule has 1 atom stereocenters. The molecule has 1 N–H and O–H groups in total. The van der Waals surface area contributed by atoms with Gasteiger partial charge in [0, 0.05) is 32.6 Å². The Morgan fingerprint density at radius 3 is 2.89 bits per heavy atom. The van der Waals surface area contributed by atoms with Crippen LogP contribution in [0.4, 0.5) is 0 Å². The SMILES string of the molecule is Cc1nc(CN2CCNC(C3CCCCC3)C2)no1. The van der Waals surface area contributed by atoms with Crippen molar-refractivity contribution in [2.24, 2.45) is 5.92 Å². The van der Waals surface area contributed by atoms with Gasteiger partial charge in [0.1, 0.15) is 0 Å². The first-order valence-corrected chi connectivity index (χ1v) is 7.56. The maximum atomic E-state index is 5.05. The molecule has 2 fully saturated rings. The topological polar surface area (TPSA) is 54.2 Å². The highest BCUT2D eigenvalue weighted by Crippen LogP contribution is 2.27. The molecule has 1 aromatic rings. The molecule has 0 radical (unpaired) electrons. The van der Waals surface area contributed by atoms with Crippen LogP contribution in [-0.4, -0.2) is 40.7 Å². The minimum Gasteiger partial charge on any atom is -0.340 e. The number of nitrogens with zero attached hydrogens (tertiary/aromatic N) is 3. The first-order chi connectivity index (χ1) is 9.31. The summed E-state index contributed by atoms with van der Waals surface area (Å²) in [6, 6.07) is 0.655. The standard InChI is InChI=1S/C14H24N4O/c1-11-16-14(17-19-11)10-18-8-7-15-13(9-18)12-5-3-2-4-6-12/h12-13,15H,2-10H2,1H3. The van der Waals surface area contributed by atoms with E-state index in [1.807, 2.05) is 6.92 Å². The fourth-order valence-electron chi connectivity index (χ4n) is 3.44. The van der Waals surface area contributed by atoms with E-state index in [1.165, 1.54) is 32.1 Å². The number of rotatable bonds is 3. The van der Waals surface area contributed by atoms with Gasteiger partial charge in [0.25, 0.3) is 0 Å². The molecule has 1 unspecified atom stereocenters. The summed E-state index contributed by atoms with van der Waals surface area (Å²) in [6.07, 6.45) is 7.04. The van der Waals surface area contributed by atoms with E-state index < -0.39 is 0 Å². The third-order valence-electron chi connectivity index (χ3n) is 4.44. The van der Waals surface area contributed by atoms with Gasteiger partial charge in [-0.2, -0.15) is 4.98 Å². The fourth-order valence-corrected chi connectivity index (χ4v) is 3.44. The molecule has 3 rings (SSSR count). The third-order valence-corrected chi connectivity index (χ3v) is 4.44. The van der Waals surface area contributed by atoms with Gasteiger partial charge in [-0.15, -0.1) is 0 Å². The van der Waals surface area contributed by atoms with Gasteiger partial charge in [0.15, 0.2) is 5.82 Å². The van der Waals surface area contributed by atoms with Crippen molar-refractivity contribution >= 4 is 0 Å². The Bertz CT molecular complexity index is 400. The van der Waals surface area contributed by atoms with Crippen molar-refractivity contribution in [2.45, 2.75) is 51.6 Å². The molecular formula is C14H24N4O. The van der Waals surface area contributed by atoms with Crippen LogP contribution in [0.25, 0.3) is 0 Å². The van der Waals surface area contributed by atoms with Gasteiger partial charge in [-0.05, 0) is 18.8 Å². The molecule has 5 nitrogen and oxygen atoms in total. The van der Waals surface area contributed by atoms with E-state index in [2.05, 4.69) is 20.4 Å². The molecule has 19 heavy (non-hydrogen) atoms. The number of aromatic nitrogens is 2. The zero-order chi connectivity index (χ0) is 13.1. The van der Waals surface area contributed by atoms with E-state index in [4.69, 9.17) is 4.52 Å². The molecule has 106 valence electrons. The van der Waals surface area contributed by atoms with Gasteiger partial charge in [-0.25, -0.2) is 0 Å². The second-order valence-electron chi connectivity index (χ2n) is 5.92. The van der Waals surface area contributed by atoms with Crippen LogP contribution in [0.1, 0.15) is 43.8 Å². The average Bonchev–Trinajstić information content (AvgIpc) is 2.85. The molecule has 1 aromatic heterocycles. The summed E-state index contributed by atoms with van der Waals surface area (Å²) >= 11 is 0. The molecule has 2 heterocycles. The van der Waals surface area contributed by atoms with Crippen molar-refractivity contribution in [3.63, 3.8) is 0 Å². The lowest BCUT2D eigenvalue weighted by Gasteiger charge is -2.38. The zero-order valence-electron chi connectivity index (χ0n) is 11.8. The summed E-state index contributed by atoms with van der Waals surface area (Å²) in [4.78, 5) is 6.76. The van der Waals surface area contributed by atoms with Crippen LogP contribution in [0.15, 0.2) is 4.52 Å². The number of aryl methyl sites for hydroxylation is 1. The van der Waals surface area contributed by atoms with Crippen molar-refractivity contribution in [1.29, 1.82) is 0 Å². The van der Waals surface area contributed by atoms with Crippen LogP contribution in [0, 0.1) is 12.8 Å². The molecule has 0 spiro atoms. The average molecular weight is 264 g/mol. The molecule has 1 saturated heterocycles. The smallest absolute Gasteiger partial charge is 0.223 e. The van der Waals surface area contributed by atoms with Crippen LogP contribution in [0.5, 0.6) is 0 Å². The summed E-state index contributed by atoms with van der Waals surface area (Å²) in [6.45, 7) is 5.95. The first kappa shape index (κ1) is 13.1. The molecule has 2 aliphatic rings. The Balaban J connectivity index is 1.55. The lowest BCUT2D eigenvalue weighted by molar-refractivity contribution is 0.137. The summed E-state index contributed by atoms with van der Waals surface area (Å²) < 4.78 is 5.05. The highest BCUT2D eigenvalue weighted by atomic mass is 16.5. The molecule has 0 amide bonds. The summed E-state index contributed by atoms with van der Waals surface area (Å²) in [5.74, 6) is 2.35. The summed E-state index contributed by atoms with van der Waals surface area (Å²) in [7, 11) is 0. The van der Waals surface area contributed by atoms with E-state index in [1.54, 1.807) is 0 Å². The van der Waals surface area contributed by atoms with Crippen molar-refractivity contribution in [3.8, 4) is 0 Å². The second kappa shape index (κ2) is 6.01. The lowest BCUT2D eigenvalue weighted by Crippen LogP contribution is -2.53. The van der Waals surface area contributed by atoms with Crippen molar-refractivity contribution in [3.05, 3.63) is 11.7 Å².